The normalized spacial score (nSPS) is 18.8. The van der Waals surface area contributed by atoms with Gasteiger partial charge in [0, 0.05) is 16.5 Å². The predicted molar refractivity (Wildman–Crippen MR) is 155 cm³/mol. The minimum Gasteiger partial charge on any atom is -0.451 e. The highest BCUT2D eigenvalue weighted by Crippen LogP contribution is 2.38. The molecule has 204 valence electrons. The average Bonchev–Trinajstić information content (AvgIpc) is 3.26. The van der Waals surface area contributed by atoms with Crippen LogP contribution in [0.5, 0.6) is 0 Å². The van der Waals surface area contributed by atoms with Gasteiger partial charge in [-0.2, -0.15) is 0 Å². The molecule has 1 fully saturated rings. The average molecular weight is 545 g/mol. The van der Waals surface area contributed by atoms with E-state index in [9.17, 15) is 19.2 Å². The molecular weight excluding hydrogens is 516 g/mol. The van der Waals surface area contributed by atoms with Crippen molar-refractivity contribution in [1.29, 1.82) is 0 Å². The highest BCUT2D eigenvalue weighted by Gasteiger charge is 2.47. The van der Waals surface area contributed by atoms with E-state index in [0.717, 1.165) is 5.56 Å². The van der Waals surface area contributed by atoms with Crippen LogP contribution in [0.3, 0.4) is 0 Å². The third-order valence-corrected chi connectivity index (χ3v) is 7.82. The van der Waals surface area contributed by atoms with Crippen molar-refractivity contribution < 1.29 is 23.9 Å². The molecule has 0 unspecified atom stereocenters. The zero-order valence-electron chi connectivity index (χ0n) is 22.7. The summed E-state index contributed by atoms with van der Waals surface area (Å²) >= 11 is 0. The van der Waals surface area contributed by atoms with E-state index in [1.807, 2.05) is 43.3 Å². The van der Waals surface area contributed by atoms with Crippen molar-refractivity contribution in [2.24, 2.45) is 11.8 Å². The van der Waals surface area contributed by atoms with Crippen LogP contribution in [0.2, 0.25) is 0 Å². The summed E-state index contributed by atoms with van der Waals surface area (Å²) in [6.07, 6.45) is 4.12. The van der Waals surface area contributed by atoms with Gasteiger partial charge >= 0.3 is 5.97 Å². The lowest BCUT2D eigenvalue weighted by Crippen LogP contribution is -2.30. The second kappa shape index (κ2) is 10.6. The number of amides is 2. The monoisotopic (exact) mass is 544 g/mol. The number of Topliss-reactive ketones (excluding diaryl/α,β-unsaturated/α-hetero) is 1. The van der Waals surface area contributed by atoms with Crippen LogP contribution in [-0.2, 0) is 14.3 Å². The van der Waals surface area contributed by atoms with E-state index in [2.05, 4.69) is 0 Å². The van der Waals surface area contributed by atoms with Crippen molar-refractivity contribution in [2.45, 2.75) is 32.8 Å². The Bertz CT molecular complexity index is 1700. The number of ether oxygens (including phenoxy) is 1. The van der Waals surface area contributed by atoms with E-state index < -0.39 is 12.1 Å². The van der Waals surface area contributed by atoms with E-state index in [-0.39, 0.29) is 29.4 Å². The SMILES string of the molecule is Cc1ccc2nc(-c3ccc(N4C(=O)[C@H]5CC=CC[C@@H]5C4=O)cc3)cc(C(=O)O[C@@H](C)C(=O)c3ccccc3)c2c1. The Balaban J connectivity index is 1.31. The molecule has 4 aromatic rings. The van der Waals surface area contributed by atoms with Crippen LogP contribution in [0.4, 0.5) is 5.69 Å². The van der Waals surface area contributed by atoms with Crippen molar-refractivity contribution in [2.75, 3.05) is 4.90 Å². The number of fused-ring (bicyclic) bond motifs is 2. The molecule has 1 saturated heterocycles. The van der Waals surface area contributed by atoms with Crippen molar-refractivity contribution in [3.8, 4) is 11.3 Å². The van der Waals surface area contributed by atoms with Crippen LogP contribution in [-0.4, -0.2) is 34.7 Å². The topological polar surface area (TPSA) is 93.6 Å². The molecule has 0 saturated carbocycles. The number of esters is 1. The number of imide groups is 1. The molecule has 2 heterocycles. The molecule has 3 atom stereocenters. The van der Waals surface area contributed by atoms with E-state index in [1.165, 1.54) is 4.90 Å². The van der Waals surface area contributed by atoms with E-state index in [4.69, 9.17) is 9.72 Å². The van der Waals surface area contributed by atoms with Crippen molar-refractivity contribution >= 4 is 40.2 Å². The Morgan fingerprint density at radius 3 is 2.20 bits per heavy atom. The van der Waals surface area contributed by atoms with Crippen LogP contribution < -0.4 is 4.90 Å². The van der Waals surface area contributed by atoms with Crippen molar-refractivity contribution in [3.63, 3.8) is 0 Å². The summed E-state index contributed by atoms with van der Waals surface area (Å²) < 4.78 is 5.65. The summed E-state index contributed by atoms with van der Waals surface area (Å²) in [6.45, 7) is 3.49. The summed E-state index contributed by atoms with van der Waals surface area (Å²) in [5, 5.41) is 0.624. The first kappa shape index (κ1) is 26.3. The molecule has 2 amide bonds. The molecule has 7 nitrogen and oxygen atoms in total. The molecule has 0 radical (unpaired) electrons. The van der Waals surface area contributed by atoms with Gasteiger partial charge in [0.25, 0.3) is 0 Å². The summed E-state index contributed by atoms with van der Waals surface area (Å²) in [6, 6.07) is 23.0. The Labute approximate surface area is 237 Å². The van der Waals surface area contributed by atoms with Gasteiger partial charge in [-0.1, -0.05) is 66.2 Å². The number of benzene rings is 3. The standard InChI is InChI=1S/C34H28N2O5/c1-20-12-17-29-27(18-20)28(34(40)41-21(2)31(37)23-8-4-3-5-9-23)19-30(35-29)22-13-15-24(16-14-22)36-32(38)25-10-6-7-11-26(25)33(36)39/h3-9,12-19,21,25-26H,10-11H2,1-2H3/t21-,25-,26-/m0/s1. The number of hydrogen-bond acceptors (Lipinski definition) is 6. The number of rotatable bonds is 6. The van der Waals surface area contributed by atoms with Gasteiger partial charge in [-0.25, -0.2) is 9.78 Å². The van der Waals surface area contributed by atoms with Crippen LogP contribution in [0.1, 0.15) is 46.0 Å². The minimum atomic E-state index is -0.977. The minimum absolute atomic E-state index is 0.166. The second-order valence-electron chi connectivity index (χ2n) is 10.6. The van der Waals surface area contributed by atoms with E-state index >= 15 is 0 Å². The van der Waals surface area contributed by atoms with Crippen molar-refractivity contribution in [3.05, 3.63) is 108 Å². The van der Waals surface area contributed by atoms with Gasteiger partial charge in [0.05, 0.1) is 34.3 Å². The number of nitrogens with zero attached hydrogens (tertiary/aromatic N) is 2. The zero-order chi connectivity index (χ0) is 28.7. The number of anilines is 1. The van der Waals surface area contributed by atoms with E-state index in [0.29, 0.717) is 51.8 Å². The molecule has 1 aromatic heterocycles. The van der Waals surface area contributed by atoms with Gasteiger partial charge in [0.15, 0.2) is 6.10 Å². The number of allylic oxidation sites excluding steroid dienone is 2. The molecule has 7 heteroatoms. The smallest absolute Gasteiger partial charge is 0.339 e. The highest BCUT2D eigenvalue weighted by atomic mass is 16.5. The van der Waals surface area contributed by atoms with Crippen LogP contribution in [0.25, 0.3) is 22.2 Å². The van der Waals surface area contributed by atoms with Gasteiger partial charge in [-0.05, 0) is 57.0 Å². The quantitative estimate of drug-likeness (QED) is 0.126. The molecular formula is C34H28N2O5. The third-order valence-electron chi connectivity index (χ3n) is 7.82. The lowest BCUT2D eigenvalue weighted by molar-refractivity contribution is -0.122. The molecule has 1 aliphatic heterocycles. The molecule has 0 spiro atoms. The summed E-state index contributed by atoms with van der Waals surface area (Å²) in [4.78, 5) is 58.4. The Kier molecular flexibility index (Phi) is 6.79. The number of aryl methyl sites for hydroxylation is 1. The maximum absolute atomic E-state index is 13.4. The van der Waals surface area contributed by atoms with Gasteiger partial charge in [0.1, 0.15) is 0 Å². The van der Waals surface area contributed by atoms with Gasteiger partial charge < -0.3 is 4.74 Å². The highest BCUT2D eigenvalue weighted by molar-refractivity contribution is 6.22. The third kappa shape index (κ3) is 4.84. The molecule has 6 rings (SSSR count). The largest absolute Gasteiger partial charge is 0.451 e. The molecule has 41 heavy (non-hydrogen) atoms. The summed E-state index contributed by atoms with van der Waals surface area (Å²) in [5.74, 6) is -1.85. The predicted octanol–water partition coefficient (Wildman–Crippen LogP) is 6.09. The fraction of sp³-hybridized carbons (Fsp3) is 0.206. The van der Waals surface area contributed by atoms with Crippen molar-refractivity contribution in [1.82, 2.24) is 4.98 Å². The molecule has 0 bridgehead atoms. The van der Waals surface area contributed by atoms with Crippen LogP contribution in [0.15, 0.2) is 91.0 Å². The maximum atomic E-state index is 13.4. The molecule has 3 aromatic carbocycles. The molecule has 1 aliphatic carbocycles. The first-order valence-corrected chi connectivity index (χ1v) is 13.7. The molecule has 2 aliphatic rings. The summed E-state index contributed by atoms with van der Waals surface area (Å²) in [7, 11) is 0. The maximum Gasteiger partial charge on any atom is 0.339 e. The Morgan fingerprint density at radius 2 is 1.54 bits per heavy atom. The lowest BCUT2D eigenvalue weighted by atomic mass is 9.85. The lowest BCUT2D eigenvalue weighted by Gasteiger charge is -2.16. The first-order chi connectivity index (χ1) is 19.8. The zero-order valence-corrected chi connectivity index (χ0v) is 22.7. The number of ketones is 1. The molecule has 0 N–H and O–H groups in total. The number of carbonyl (C=O) groups excluding carboxylic acids is 4. The van der Waals surface area contributed by atoms with Crippen LogP contribution in [0, 0.1) is 18.8 Å². The fourth-order valence-corrected chi connectivity index (χ4v) is 5.61. The van der Waals surface area contributed by atoms with Crippen LogP contribution >= 0.6 is 0 Å². The Hall–Kier alpha value is -4.91. The summed E-state index contributed by atoms with van der Waals surface area (Å²) in [5.41, 5.74) is 4.07. The number of aromatic nitrogens is 1. The Morgan fingerprint density at radius 1 is 0.878 bits per heavy atom. The van der Waals surface area contributed by atoms with E-state index in [1.54, 1.807) is 61.5 Å². The first-order valence-electron chi connectivity index (χ1n) is 13.7. The van der Waals surface area contributed by atoms with Gasteiger partial charge in [-0.15, -0.1) is 0 Å². The van der Waals surface area contributed by atoms with Gasteiger partial charge in [-0.3, -0.25) is 19.3 Å². The number of carbonyl (C=O) groups is 4. The second-order valence-corrected chi connectivity index (χ2v) is 10.6. The number of pyridine rings is 1. The van der Waals surface area contributed by atoms with Gasteiger partial charge in [0.2, 0.25) is 17.6 Å². The number of hydrogen-bond donors (Lipinski definition) is 0. The fourth-order valence-electron chi connectivity index (χ4n) is 5.61.